The van der Waals surface area contributed by atoms with Crippen LogP contribution in [0.25, 0.3) is 0 Å². The lowest BCUT2D eigenvalue weighted by Gasteiger charge is -2.20. The Kier molecular flexibility index (Phi) is 5.26. The SMILES string of the molecule is CC(C)Nc1ccccc1C(=O)N(C)Cc1ccc(Cl)s1. The van der Waals surface area contributed by atoms with Crippen molar-refractivity contribution in [1.29, 1.82) is 0 Å². The number of hydrogen-bond acceptors (Lipinski definition) is 3. The number of rotatable bonds is 5. The molecule has 0 atom stereocenters. The predicted molar refractivity (Wildman–Crippen MR) is 90.3 cm³/mol. The highest BCUT2D eigenvalue weighted by atomic mass is 35.5. The van der Waals surface area contributed by atoms with E-state index in [-0.39, 0.29) is 11.9 Å². The molecule has 112 valence electrons. The molecular formula is C16H19ClN2OS. The van der Waals surface area contributed by atoms with E-state index in [1.807, 2.05) is 43.4 Å². The number of para-hydroxylation sites is 1. The summed E-state index contributed by atoms with van der Waals surface area (Å²) in [5.41, 5.74) is 1.56. The lowest BCUT2D eigenvalue weighted by molar-refractivity contribution is 0.0787. The van der Waals surface area contributed by atoms with Gasteiger partial charge in [-0.15, -0.1) is 11.3 Å². The second kappa shape index (κ2) is 6.96. The Bertz CT molecular complexity index is 624. The van der Waals surface area contributed by atoms with Gasteiger partial charge in [0.25, 0.3) is 5.91 Å². The Balaban J connectivity index is 2.15. The Morgan fingerprint density at radius 1 is 1.29 bits per heavy atom. The van der Waals surface area contributed by atoms with Crippen molar-refractivity contribution in [3.05, 3.63) is 51.2 Å². The number of nitrogens with one attached hydrogen (secondary N) is 1. The summed E-state index contributed by atoms with van der Waals surface area (Å²) in [7, 11) is 1.81. The first kappa shape index (κ1) is 15.9. The van der Waals surface area contributed by atoms with Crippen molar-refractivity contribution in [2.24, 2.45) is 0 Å². The van der Waals surface area contributed by atoms with Crippen LogP contribution in [0.4, 0.5) is 5.69 Å². The van der Waals surface area contributed by atoms with Gasteiger partial charge in [-0.25, -0.2) is 0 Å². The molecule has 1 aromatic heterocycles. The first-order valence-corrected chi connectivity index (χ1v) is 8.02. The molecule has 0 unspecified atom stereocenters. The third-order valence-electron chi connectivity index (χ3n) is 2.97. The van der Waals surface area contributed by atoms with Crippen molar-refractivity contribution in [3.8, 4) is 0 Å². The molecule has 0 fully saturated rings. The average molecular weight is 323 g/mol. The largest absolute Gasteiger partial charge is 0.382 e. The molecule has 0 spiro atoms. The maximum absolute atomic E-state index is 12.6. The van der Waals surface area contributed by atoms with E-state index in [0.29, 0.717) is 12.1 Å². The highest BCUT2D eigenvalue weighted by molar-refractivity contribution is 7.16. The van der Waals surface area contributed by atoms with Crippen LogP contribution >= 0.6 is 22.9 Å². The molecule has 1 N–H and O–H groups in total. The number of carbonyl (C=O) groups is 1. The fourth-order valence-electron chi connectivity index (χ4n) is 2.05. The first-order valence-electron chi connectivity index (χ1n) is 6.82. The zero-order valence-electron chi connectivity index (χ0n) is 12.4. The van der Waals surface area contributed by atoms with Gasteiger partial charge in [0.05, 0.1) is 16.4 Å². The van der Waals surface area contributed by atoms with Crippen LogP contribution in [0.5, 0.6) is 0 Å². The smallest absolute Gasteiger partial charge is 0.256 e. The van der Waals surface area contributed by atoms with Gasteiger partial charge < -0.3 is 10.2 Å². The van der Waals surface area contributed by atoms with E-state index in [2.05, 4.69) is 19.2 Å². The number of halogens is 1. The van der Waals surface area contributed by atoms with Crippen LogP contribution in [0.3, 0.4) is 0 Å². The molecule has 5 heteroatoms. The van der Waals surface area contributed by atoms with Gasteiger partial charge in [-0.2, -0.15) is 0 Å². The van der Waals surface area contributed by atoms with Crippen LogP contribution < -0.4 is 5.32 Å². The van der Waals surface area contributed by atoms with Crippen LogP contribution in [-0.4, -0.2) is 23.9 Å². The number of amides is 1. The minimum atomic E-state index is 0.00303. The molecule has 0 saturated heterocycles. The molecule has 0 aliphatic rings. The second-order valence-electron chi connectivity index (χ2n) is 5.21. The van der Waals surface area contributed by atoms with E-state index >= 15 is 0 Å². The van der Waals surface area contributed by atoms with E-state index in [0.717, 1.165) is 14.9 Å². The molecule has 0 aliphatic carbocycles. The number of carbonyl (C=O) groups excluding carboxylic acids is 1. The monoisotopic (exact) mass is 322 g/mol. The fourth-order valence-corrected chi connectivity index (χ4v) is 3.20. The molecule has 1 aromatic carbocycles. The Morgan fingerprint density at radius 3 is 2.62 bits per heavy atom. The first-order chi connectivity index (χ1) is 9.97. The minimum absolute atomic E-state index is 0.00303. The average Bonchev–Trinajstić information content (AvgIpc) is 2.83. The number of nitrogens with zero attached hydrogens (tertiary/aromatic N) is 1. The van der Waals surface area contributed by atoms with Gasteiger partial charge in [-0.3, -0.25) is 4.79 Å². The molecule has 2 rings (SSSR count). The summed E-state index contributed by atoms with van der Waals surface area (Å²) in [6.45, 7) is 4.67. The lowest BCUT2D eigenvalue weighted by atomic mass is 10.1. The molecule has 2 aromatic rings. The van der Waals surface area contributed by atoms with Crippen LogP contribution in [0.15, 0.2) is 36.4 Å². The zero-order valence-corrected chi connectivity index (χ0v) is 14.0. The van der Waals surface area contributed by atoms with Crippen molar-refractivity contribution in [1.82, 2.24) is 4.90 Å². The maximum atomic E-state index is 12.6. The summed E-state index contributed by atoms with van der Waals surface area (Å²) >= 11 is 7.43. The molecule has 0 radical (unpaired) electrons. The zero-order chi connectivity index (χ0) is 15.4. The molecule has 1 amide bonds. The maximum Gasteiger partial charge on any atom is 0.256 e. The molecule has 0 aliphatic heterocycles. The minimum Gasteiger partial charge on any atom is -0.382 e. The van der Waals surface area contributed by atoms with E-state index < -0.39 is 0 Å². The summed E-state index contributed by atoms with van der Waals surface area (Å²) in [6.07, 6.45) is 0. The Morgan fingerprint density at radius 2 is 2.00 bits per heavy atom. The van der Waals surface area contributed by atoms with Gasteiger partial charge in [0.1, 0.15) is 0 Å². The quantitative estimate of drug-likeness (QED) is 0.879. The van der Waals surface area contributed by atoms with Gasteiger partial charge in [0.2, 0.25) is 0 Å². The Hall–Kier alpha value is -1.52. The van der Waals surface area contributed by atoms with E-state index in [4.69, 9.17) is 11.6 Å². The van der Waals surface area contributed by atoms with E-state index in [9.17, 15) is 4.79 Å². The fraction of sp³-hybridized carbons (Fsp3) is 0.312. The third-order valence-corrected chi connectivity index (χ3v) is 4.19. The van der Waals surface area contributed by atoms with Crippen LogP contribution in [0.2, 0.25) is 4.34 Å². The van der Waals surface area contributed by atoms with Crippen LogP contribution in [0, 0.1) is 0 Å². The normalized spacial score (nSPS) is 10.7. The number of hydrogen-bond donors (Lipinski definition) is 1. The number of benzene rings is 1. The van der Waals surface area contributed by atoms with Crippen molar-refractivity contribution in [3.63, 3.8) is 0 Å². The third kappa shape index (κ3) is 4.22. The van der Waals surface area contributed by atoms with Crippen molar-refractivity contribution < 1.29 is 4.79 Å². The van der Waals surface area contributed by atoms with Gasteiger partial charge in [0, 0.05) is 23.7 Å². The summed E-state index contributed by atoms with van der Waals surface area (Å²) in [5.74, 6) is 0.00303. The van der Waals surface area contributed by atoms with E-state index in [1.165, 1.54) is 11.3 Å². The van der Waals surface area contributed by atoms with Crippen molar-refractivity contribution in [2.45, 2.75) is 26.4 Å². The van der Waals surface area contributed by atoms with Gasteiger partial charge in [0.15, 0.2) is 0 Å². The summed E-state index contributed by atoms with van der Waals surface area (Å²) in [6, 6.07) is 11.7. The molecule has 0 bridgehead atoms. The molecule has 21 heavy (non-hydrogen) atoms. The lowest BCUT2D eigenvalue weighted by Crippen LogP contribution is -2.27. The van der Waals surface area contributed by atoms with Gasteiger partial charge in [-0.1, -0.05) is 23.7 Å². The summed E-state index contributed by atoms with van der Waals surface area (Å²) in [4.78, 5) is 15.4. The number of anilines is 1. The molecular weight excluding hydrogens is 304 g/mol. The van der Waals surface area contributed by atoms with Crippen LogP contribution in [0.1, 0.15) is 29.1 Å². The van der Waals surface area contributed by atoms with Crippen molar-refractivity contribution in [2.75, 3.05) is 12.4 Å². The topological polar surface area (TPSA) is 32.3 Å². The predicted octanol–water partition coefficient (Wildman–Crippen LogP) is 4.49. The summed E-state index contributed by atoms with van der Waals surface area (Å²) < 4.78 is 0.743. The Labute approximate surface area is 134 Å². The molecule has 0 saturated carbocycles. The number of thiophene rings is 1. The summed E-state index contributed by atoms with van der Waals surface area (Å²) in [5, 5.41) is 3.31. The highest BCUT2D eigenvalue weighted by Gasteiger charge is 2.16. The molecule has 1 heterocycles. The van der Waals surface area contributed by atoms with Gasteiger partial charge >= 0.3 is 0 Å². The van der Waals surface area contributed by atoms with Crippen molar-refractivity contribution >= 4 is 34.5 Å². The van der Waals surface area contributed by atoms with Crippen LogP contribution in [-0.2, 0) is 6.54 Å². The molecule has 3 nitrogen and oxygen atoms in total. The second-order valence-corrected chi connectivity index (χ2v) is 7.01. The van der Waals surface area contributed by atoms with E-state index in [1.54, 1.807) is 4.90 Å². The highest BCUT2D eigenvalue weighted by Crippen LogP contribution is 2.24. The van der Waals surface area contributed by atoms with Gasteiger partial charge in [-0.05, 0) is 38.1 Å². The standard InChI is InChI=1S/C16H19ClN2OS/c1-11(2)18-14-7-5-4-6-13(14)16(20)19(3)10-12-8-9-15(17)21-12/h4-9,11,18H,10H2,1-3H3.